The van der Waals surface area contributed by atoms with Crippen molar-refractivity contribution >= 4 is 11.6 Å². The van der Waals surface area contributed by atoms with Crippen LogP contribution >= 0.6 is 0 Å². The normalized spacial score (nSPS) is 17.5. The minimum absolute atomic E-state index is 0.0763. The van der Waals surface area contributed by atoms with Crippen LogP contribution in [0.2, 0.25) is 0 Å². The van der Waals surface area contributed by atoms with Crippen LogP contribution in [0.5, 0.6) is 0 Å². The predicted molar refractivity (Wildman–Crippen MR) is 73.5 cm³/mol. The Morgan fingerprint density at radius 3 is 2.42 bits per heavy atom. The molecule has 2 rings (SSSR count). The lowest BCUT2D eigenvalue weighted by Crippen LogP contribution is -2.48. The minimum atomic E-state index is -0.244. The Kier molecular flexibility index (Phi) is 4.04. The molecule has 1 amide bonds. The second-order valence-corrected chi connectivity index (χ2v) is 4.99. The highest BCUT2D eigenvalue weighted by molar-refractivity contribution is 5.73. The monoisotopic (exact) mass is 265 g/mol. The van der Waals surface area contributed by atoms with Gasteiger partial charge in [-0.25, -0.2) is 4.39 Å². The third kappa shape index (κ3) is 3.04. The first-order valence-electron chi connectivity index (χ1n) is 6.54. The van der Waals surface area contributed by atoms with Gasteiger partial charge in [0.25, 0.3) is 0 Å². The van der Waals surface area contributed by atoms with E-state index in [1.165, 1.54) is 6.07 Å². The summed E-state index contributed by atoms with van der Waals surface area (Å²) in [5, 5.41) is 0. The first-order chi connectivity index (χ1) is 8.99. The van der Waals surface area contributed by atoms with Gasteiger partial charge in [0.1, 0.15) is 5.82 Å². The van der Waals surface area contributed by atoms with Gasteiger partial charge in [0, 0.05) is 39.1 Å². The Hall–Kier alpha value is -1.62. The van der Waals surface area contributed by atoms with Gasteiger partial charge in [-0.05, 0) is 24.6 Å². The van der Waals surface area contributed by atoms with E-state index in [0.717, 1.165) is 5.56 Å². The van der Waals surface area contributed by atoms with E-state index in [2.05, 4.69) is 0 Å². The molecule has 0 bridgehead atoms. The van der Waals surface area contributed by atoms with Crippen molar-refractivity contribution in [2.45, 2.75) is 19.9 Å². The number of hydrogen-bond acceptors (Lipinski definition) is 3. The van der Waals surface area contributed by atoms with E-state index in [9.17, 15) is 9.18 Å². The van der Waals surface area contributed by atoms with Crippen LogP contribution in [0.3, 0.4) is 0 Å². The number of hydrogen-bond donors (Lipinski definition) is 1. The van der Waals surface area contributed by atoms with Gasteiger partial charge >= 0.3 is 0 Å². The summed E-state index contributed by atoms with van der Waals surface area (Å²) in [5.41, 5.74) is 7.12. The summed E-state index contributed by atoms with van der Waals surface area (Å²) in [6.45, 7) is 6.00. The zero-order chi connectivity index (χ0) is 14.0. The van der Waals surface area contributed by atoms with Crippen molar-refractivity contribution in [1.29, 1.82) is 0 Å². The van der Waals surface area contributed by atoms with Crippen LogP contribution in [0.4, 0.5) is 10.1 Å². The summed E-state index contributed by atoms with van der Waals surface area (Å²) < 4.78 is 14.1. The maximum atomic E-state index is 14.1. The third-order valence-corrected chi connectivity index (χ3v) is 3.56. The predicted octanol–water partition coefficient (Wildman–Crippen LogP) is 1.51. The van der Waals surface area contributed by atoms with Crippen molar-refractivity contribution in [3.05, 3.63) is 29.6 Å². The summed E-state index contributed by atoms with van der Waals surface area (Å²) in [5.74, 6) is -0.168. The molecule has 1 fully saturated rings. The fourth-order valence-corrected chi connectivity index (χ4v) is 2.33. The van der Waals surface area contributed by atoms with Gasteiger partial charge in [0.05, 0.1) is 5.69 Å². The molecule has 0 spiro atoms. The van der Waals surface area contributed by atoms with E-state index in [-0.39, 0.29) is 17.8 Å². The molecule has 1 aliphatic rings. The lowest BCUT2D eigenvalue weighted by Gasteiger charge is -2.35. The number of benzene rings is 1. The Bertz CT molecular complexity index is 468. The molecule has 0 aliphatic carbocycles. The van der Waals surface area contributed by atoms with Crippen LogP contribution < -0.4 is 10.6 Å². The molecule has 0 radical (unpaired) electrons. The minimum Gasteiger partial charge on any atom is -0.366 e. The number of nitrogens with zero attached hydrogens (tertiary/aromatic N) is 2. The zero-order valence-electron chi connectivity index (χ0n) is 11.4. The fourth-order valence-electron chi connectivity index (χ4n) is 2.33. The van der Waals surface area contributed by atoms with Crippen LogP contribution in [0.1, 0.15) is 25.5 Å². The number of amides is 1. The number of halogens is 1. The van der Waals surface area contributed by atoms with Crippen molar-refractivity contribution in [3.63, 3.8) is 0 Å². The summed E-state index contributed by atoms with van der Waals surface area (Å²) in [6, 6.07) is 4.97. The van der Waals surface area contributed by atoms with Gasteiger partial charge in [0.2, 0.25) is 5.91 Å². The van der Waals surface area contributed by atoms with Crippen molar-refractivity contribution in [3.8, 4) is 0 Å². The summed E-state index contributed by atoms with van der Waals surface area (Å²) in [6.07, 6.45) is 0. The Morgan fingerprint density at radius 1 is 1.32 bits per heavy atom. The summed E-state index contributed by atoms with van der Waals surface area (Å²) in [4.78, 5) is 15.0. The first kappa shape index (κ1) is 13.8. The van der Waals surface area contributed by atoms with Crippen LogP contribution in [-0.4, -0.2) is 37.0 Å². The Balaban J connectivity index is 2.09. The molecule has 0 aromatic heterocycles. The third-order valence-electron chi connectivity index (χ3n) is 3.56. The molecule has 0 saturated carbocycles. The lowest BCUT2D eigenvalue weighted by atomic mass is 10.1. The van der Waals surface area contributed by atoms with Gasteiger partial charge in [-0.3, -0.25) is 4.79 Å². The average Bonchev–Trinajstić information content (AvgIpc) is 2.38. The molecule has 19 heavy (non-hydrogen) atoms. The van der Waals surface area contributed by atoms with E-state index in [4.69, 9.17) is 5.73 Å². The van der Waals surface area contributed by atoms with Crippen LogP contribution in [0, 0.1) is 5.82 Å². The molecule has 1 aromatic carbocycles. The highest BCUT2D eigenvalue weighted by Gasteiger charge is 2.21. The SMILES string of the molecule is CC(=O)N1CCN(c2ccc(C(C)N)cc2F)CC1. The zero-order valence-corrected chi connectivity index (χ0v) is 11.4. The smallest absolute Gasteiger partial charge is 0.219 e. The molecule has 4 nitrogen and oxygen atoms in total. The van der Waals surface area contributed by atoms with E-state index in [1.807, 2.05) is 17.9 Å². The van der Waals surface area contributed by atoms with Crippen molar-refractivity contribution in [2.24, 2.45) is 5.73 Å². The molecule has 1 aliphatic heterocycles. The summed E-state index contributed by atoms with van der Waals surface area (Å²) in [7, 11) is 0. The van der Waals surface area contributed by atoms with Gasteiger partial charge < -0.3 is 15.5 Å². The molecule has 1 saturated heterocycles. The topological polar surface area (TPSA) is 49.6 Å². The number of carbonyl (C=O) groups excluding carboxylic acids is 1. The Morgan fingerprint density at radius 2 is 1.95 bits per heavy atom. The van der Waals surface area contributed by atoms with E-state index >= 15 is 0 Å². The highest BCUT2D eigenvalue weighted by Crippen LogP contribution is 2.23. The maximum absolute atomic E-state index is 14.1. The summed E-state index contributed by atoms with van der Waals surface area (Å²) >= 11 is 0. The molecule has 1 heterocycles. The van der Waals surface area contributed by atoms with Gasteiger partial charge in [-0.2, -0.15) is 0 Å². The standard InChI is InChI=1S/C14H20FN3O/c1-10(16)12-3-4-14(13(15)9-12)18-7-5-17(6-8-18)11(2)19/h3-4,9-10H,5-8,16H2,1-2H3. The number of rotatable bonds is 2. The van der Waals surface area contributed by atoms with Crippen molar-refractivity contribution in [1.82, 2.24) is 4.90 Å². The van der Waals surface area contributed by atoms with E-state index in [1.54, 1.807) is 17.9 Å². The number of anilines is 1. The highest BCUT2D eigenvalue weighted by atomic mass is 19.1. The van der Waals surface area contributed by atoms with Crippen LogP contribution in [-0.2, 0) is 4.79 Å². The van der Waals surface area contributed by atoms with Crippen molar-refractivity contribution < 1.29 is 9.18 Å². The van der Waals surface area contributed by atoms with Gasteiger partial charge in [-0.1, -0.05) is 6.07 Å². The first-order valence-corrected chi connectivity index (χ1v) is 6.54. The molecular formula is C14H20FN3O. The Labute approximate surface area is 113 Å². The number of nitrogens with two attached hydrogens (primary N) is 1. The van der Waals surface area contributed by atoms with Gasteiger partial charge in [-0.15, -0.1) is 0 Å². The van der Waals surface area contributed by atoms with E-state index < -0.39 is 0 Å². The number of piperazine rings is 1. The largest absolute Gasteiger partial charge is 0.366 e. The van der Waals surface area contributed by atoms with Crippen molar-refractivity contribution in [2.75, 3.05) is 31.1 Å². The van der Waals surface area contributed by atoms with Crippen LogP contribution in [0.15, 0.2) is 18.2 Å². The second kappa shape index (κ2) is 5.57. The fraction of sp³-hybridized carbons (Fsp3) is 0.500. The molecule has 1 atom stereocenters. The molecule has 1 aromatic rings. The molecule has 1 unspecified atom stereocenters. The molecular weight excluding hydrogens is 245 g/mol. The quantitative estimate of drug-likeness (QED) is 0.882. The molecule has 104 valence electrons. The van der Waals surface area contributed by atoms with Crippen LogP contribution in [0.25, 0.3) is 0 Å². The molecule has 5 heteroatoms. The van der Waals surface area contributed by atoms with Gasteiger partial charge in [0.15, 0.2) is 0 Å². The molecule has 2 N–H and O–H groups in total. The second-order valence-electron chi connectivity index (χ2n) is 4.99. The lowest BCUT2D eigenvalue weighted by molar-refractivity contribution is -0.129. The number of carbonyl (C=O) groups is 1. The maximum Gasteiger partial charge on any atom is 0.219 e. The van der Waals surface area contributed by atoms with E-state index in [0.29, 0.717) is 31.9 Å². The average molecular weight is 265 g/mol.